The number of hydrogen-bond acceptors (Lipinski definition) is 4. The molecule has 2 aliphatic heterocycles. The lowest BCUT2D eigenvalue weighted by atomic mass is 9.95. The fourth-order valence-corrected chi connectivity index (χ4v) is 2.41. The summed E-state index contributed by atoms with van der Waals surface area (Å²) in [6, 6.07) is -1.27. The third-order valence-corrected chi connectivity index (χ3v) is 3.52. The Labute approximate surface area is 111 Å². The first-order valence-electron chi connectivity index (χ1n) is 6.49. The third-order valence-electron chi connectivity index (χ3n) is 3.52. The highest BCUT2D eigenvalue weighted by molar-refractivity contribution is 5.83. The van der Waals surface area contributed by atoms with Crippen molar-refractivity contribution < 1.29 is 24.2 Å². The molecule has 2 aliphatic rings. The summed E-state index contributed by atoms with van der Waals surface area (Å²) in [5.74, 6) is -1.04. The van der Waals surface area contributed by atoms with Crippen molar-refractivity contribution in [3.05, 3.63) is 0 Å². The minimum Gasteiger partial charge on any atom is -0.480 e. The van der Waals surface area contributed by atoms with E-state index in [2.05, 4.69) is 5.32 Å². The van der Waals surface area contributed by atoms with E-state index in [1.165, 1.54) is 4.90 Å². The first kappa shape index (κ1) is 14.1. The fraction of sp³-hybridized carbons (Fsp3) is 0.833. The van der Waals surface area contributed by atoms with Crippen LogP contribution in [0, 0.1) is 0 Å². The Morgan fingerprint density at radius 1 is 1.37 bits per heavy atom. The van der Waals surface area contributed by atoms with Gasteiger partial charge in [-0.25, -0.2) is 9.59 Å². The van der Waals surface area contributed by atoms with E-state index in [0.29, 0.717) is 26.4 Å². The summed E-state index contributed by atoms with van der Waals surface area (Å²) < 4.78 is 10.5. The molecule has 19 heavy (non-hydrogen) atoms. The van der Waals surface area contributed by atoms with Crippen LogP contribution >= 0.6 is 0 Å². The van der Waals surface area contributed by atoms with Crippen LogP contribution in [0.2, 0.25) is 0 Å². The minimum atomic E-state index is -1.04. The molecule has 2 amide bonds. The molecule has 0 saturated carbocycles. The number of nitrogens with one attached hydrogen (secondary N) is 1. The summed E-state index contributed by atoms with van der Waals surface area (Å²) in [5, 5.41) is 12.0. The standard InChI is InChI=1S/C12H20N2O5/c1-12(3-2-5-19-8-12)13-11(17)14-4-6-18-7-9(14)10(15)16/h9H,2-8H2,1H3,(H,13,17)(H,15,16). The van der Waals surface area contributed by atoms with Crippen molar-refractivity contribution in [3.8, 4) is 0 Å². The van der Waals surface area contributed by atoms with Crippen LogP contribution in [0.25, 0.3) is 0 Å². The number of ether oxygens (including phenoxy) is 2. The Balaban J connectivity index is 1.99. The van der Waals surface area contributed by atoms with Gasteiger partial charge in [0.1, 0.15) is 0 Å². The van der Waals surface area contributed by atoms with Crippen LogP contribution in [0.3, 0.4) is 0 Å². The molecule has 2 atom stereocenters. The molecule has 2 rings (SSSR count). The maximum atomic E-state index is 12.2. The molecule has 2 unspecified atom stereocenters. The summed E-state index contributed by atoms with van der Waals surface area (Å²) in [6.07, 6.45) is 1.73. The maximum absolute atomic E-state index is 12.2. The second-order valence-corrected chi connectivity index (χ2v) is 5.27. The van der Waals surface area contributed by atoms with E-state index in [-0.39, 0.29) is 12.6 Å². The van der Waals surface area contributed by atoms with E-state index < -0.39 is 17.6 Å². The summed E-state index contributed by atoms with van der Waals surface area (Å²) >= 11 is 0. The van der Waals surface area contributed by atoms with Gasteiger partial charge in [-0.2, -0.15) is 0 Å². The minimum absolute atomic E-state index is 0.0377. The second-order valence-electron chi connectivity index (χ2n) is 5.27. The van der Waals surface area contributed by atoms with Gasteiger partial charge in [0.05, 0.1) is 25.4 Å². The molecule has 2 heterocycles. The number of carbonyl (C=O) groups excluding carboxylic acids is 1. The van der Waals surface area contributed by atoms with E-state index in [1.54, 1.807) is 0 Å². The largest absolute Gasteiger partial charge is 0.480 e. The average molecular weight is 272 g/mol. The molecular formula is C12H20N2O5. The summed E-state index contributed by atoms with van der Waals surface area (Å²) in [7, 11) is 0. The lowest BCUT2D eigenvalue weighted by Crippen LogP contribution is -2.61. The zero-order chi connectivity index (χ0) is 13.9. The molecule has 7 nitrogen and oxygen atoms in total. The van der Waals surface area contributed by atoms with Crippen molar-refractivity contribution >= 4 is 12.0 Å². The zero-order valence-electron chi connectivity index (χ0n) is 11.1. The molecule has 2 N–H and O–H groups in total. The summed E-state index contributed by atoms with van der Waals surface area (Å²) in [4.78, 5) is 24.7. The average Bonchev–Trinajstić information content (AvgIpc) is 2.39. The molecular weight excluding hydrogens is 252 g/mol. The number of morpholine rings is 1. The van der Waals surface area contributed by atoms with Gasteiger partial charge in [0.25, 0.3) is 0 Å². The van der Waals surface area contributed by atoms with Crippen LogP contribution in [0.4, 0.5) is 4.79 Å². The van der Waals surface area contributed by atoms with Gasteiger partial charge in [-0.05, 0) is 19.8 Å². The van der Waals surface area contributed by atoms with Gasteiger partial charge >= 0.3 is 12.0 Å². The highest BCUT2D eigenvalue weighted by atomic mass is 16.5. The van der Waals surface area contributed by atoms with Crippen LogP contribution < -0.4 is 5.32 Å². The van der Waals surface area contributed by atoms with Crippen LogP contribution in [0.5, 0.6) is 0 Å². The monoisotopic (exact) mass is 272 g/mol. The molecule has 108 valence electrons. The molecule has 0 aromatic carbocycles. The molecule has 0 aromatic heterocycles. The molecule has 0 aromatic rings. The van der Waals surface area contributed by atoms with Gasteiger partial charge in [0.15, 0.2) is 6.04 Å². The lowest BCUT2D eigenvalue weighted by Gasteiger charge is -2.39. The molecule has 0 spiro atoms. The van der Waals surface area contributed by atoms with Crippen molar-refractivity contribution in [3.63, 3.8) is 0 Å². The predicted octanol–water partition coefficient (Wildman–Crippen LogP) is 0.0505. The second kappa shape index (κ2) is 5.75. The van der Waals surface area contributed by atoms with Crippen LogP contribution in [-0.4, -0.2) is 66.6 Å². The van der Waals surface area contributed by atoms with Crippen LogP contribution in [0.15, 0.2) is 0 Å². The van der Waals surface area contributed by atoms with Crippen molar-refractivity contribution in [2.75, 3.05) is 33.0 Å². The summed E-state index contributed by atoms with van der Waals surface area (Å²) in [5.41, 5.74) is -0.420. The van der Waals surface area contributed by atoms with Crippen molar-refractivity contribution in [2.24, 2.45) is 0 Å². The predicted molar refractivity (Wildman–Crippen MR) is 65.9 cm³/mol. The van der Waals surface area contributed by atoms with Gasteiger partial charge < -0.3 is 24.8 Å². The van der Waals surface area contributed by atoms with E-state index in [9.17, 15) is 9.59 Å². The van der Waals surface area contributed by atoms with Crippen molar-refractivity contribution in [2.45, 2.75) is 31.3 Å². The number of nitrogens with zero attached hydrogens (tertiary/aromatic N) is 1. The molecule has 2 saturated heterocycles. The SMILES string of the molecule is CC1(NC(=O)N2CCOCC2C(=O)O)CCCOC1. The quantitative estimate of drug-likeness (QED) is 0.741. The smallest absolute Gasteiger partial charge is 0.328 e. The Kier molecular flexibility index (Phi) is 4.26. The van der Waals surface area contributed by atoms with Crippen LogP contribution in [0.1, 0.15) is 19.8 Å². The van der Waals surface area contributed by atoms with E-state index in [0.717, 1.165) is 12.8 Å². The number of amides is 2. The first-order valence-corrected chi connectivity index (χ1v) is 6.49. The van der Waals surface area contributed by atoms with Gasteiger partial charge in [0.2, 0.25) is 0 Å². The van der Waals surface area contributed by atoms with Crippen molar-refractivity contribution in [1.82, 2.24) is 10.2 Å². The van der Waals surface area contributed by atoms with Gasteiger partial charge in [0, 0.05) is 13.2 Å². The first-order chi connectivity index (χ1) is 9.02. The number of carboxylic acids is 1. The fourth-order valence-electron chi connectivity index (χ4n) is 2.41. The zero-order valence-corrected chi connectivity index (χ0v) is 11.1. The Morgan fingerprint density at radius 2 is 2.16 bits per heavy atom. The molecule has 0 aliphatic carbocycles. The van der Waals surface area contributed by atoms with E-state index >= 15 is 0 Å². The van der Waals surface area contributed by atoms with Gasteiger partial charge in [-0.3, -0.25) is 0 Å². The number of aliphatic carboxylic acids is 1. The number of carbonyl (C=O) groups is 2. The summed E-state index contributed by atoms with van der Waals surface area (Å²) in [6.45, 7) is 3.78. The molecule has 0 bridgehead atoms. The van der Waals surface area contributed by atoms with Gasteiger partial charge in [-0.15, -0.1) is 0 Å². The third kappa shape index (κ3) is 3.36. The number of hydrogen-bond donors (Lipinski definition) is 2. The highest BCUT2D eigenvalue weighted by Crippen LogP contribution is 2.19. The lowest BCUT2D eigenvalue weighted by molar-refractivity contribution is -0.147. The number of rotatable bonds is 2. The Hall–Kier alpha value is -1.34. The molecule has 2 fully saturated rings. The van der Waals surface area contributed by atoms with Crippen molar-refractivity contribution in [1.29, 1.82) is 0 Å². The highest BCUT2D eigenvalue weighted by Gasteiger charge is 2.36. The normalized spacial score (nSPS) is 31.8. The number of urea groups is 1. The van der Waals surface area contributed by atoms with E-state index in [1.807, 2.05) is 6.92 Å². The number of carboxylic acid groups (broad SMARTS) is 1. The molecule has 0 radical (unpaired) electrons. The Morgan fingerprint density at radius 3 is 2.79 bits per heavy atom. The van der Waals surface area contributed by atoms with E-state index in [4.69, 9.17) is 14.6 Å². The Bertz CT molecular complexity index is 354. The van der Waals surface area contributed by atoms with Crippen LogP contribution in [-0.2, 0) is 14.3 Å². The van der Waals surface area contributed by atoms with Gasteiger partial charge in [-0.1, -0.05) is 0 Å². The molecule has 7 heteroatoms. The topological polar surface area (TPSA) is 88.1 Å². The maximum Gasteiger partial charge on any atom is 0.328 e.